The smallest absolute Gasteiger partial charge is 0.407 e. The highest BCUT2D eigenvalue weighted by molar-refractivity contribution is 5.76. The third kappa shape index (κ3) is 7.00. The Bertz CT molecular complexity index is 1340. The number of amides is 1. The zero-order valence-corrected chi connectivity index (χ0v) is 22.3. The number of benzene rings is 3. The molecule has 9 nitrogen and oxygen atoms in total. The van der Waals surface area contributed by atoms with Crippen LogP contribution in [-0.2, 0) is 26.5 Å². The van der Waals surface area contributed by atoms with Gasteiger partial charge in [-0.3, -0.25) is 0 Å². The number of aryl methyl sites for hydroxylation is 2. The standard InChI is InChI=1S/C31H31N3O6/c1-22-20-23(2)34-29(33-22)40-27(28(35)36)31(25-14-8-4-9-15-25,26-16-10-5-11-17-26)39-19-18-32-30(37)38-21-24-12-6-3-7-13-24/h3-17,20,27H,18-19,21H2,1-2H3,(H,32,37)(H,35,36). The van der Waals surface area contributed by atoms with Crippen LogP contribution in [0.1, 0.15) is 28.1 Å². The van der Waals surface area contributed by atoms with Crippen LogP contribution in [0.5, 0.6) is 6.01 Å². The zero-order chi connectivity index (χ0) is 28.4. The number of carbonyl (C=O) groups is 2. The van der Waals surface area contributed by atoms with Crippen molar-refractivity contribution in [3.63, 3.8) is 0 Å². The van der Waals surface area contributed by atoms with Crippen molar-refractivity contribution in [3.05, 3.63) is 125 Å². The van der Waals surface area contributed by atoms with Crippen molar-refractivity contribution in [1.82, 2.24) is 15.3 Å². The fraction of sp³-hybridized carbons (Fsp3) is 0.226. The molecule has 1 atom stereocenters. The molecule has 40 heavy (non-hydrogen) atoms. The van der Waals surface area contributed by atoms with E-state index in [2.05, 4.69) is 15.3 Å². The molecule has 3 aromatic carbocycles. The lowest BCUT2D eigenvalue weighted by Gasteiger charge is -2.39. The van der Waals surface area contributed by atoms with Crippen molar-refractivity contribution in [2.45, 2.75) is 32.2 Å². The quantitative estimate of drug-likeness (QED) is 0.245. The number of rotatable bonds is 12. The largest absolute Gasteiger partial charge is 0.478 e. The van der Waals surface area contributed by atoms with Gasteiger partial charge in [0.1, 0.15) is 6.61 Å². The summed E-state index contributed by atoms with van der Waals surface area (Å²) in [5, 5.41) is 13.2. The fourth-order valence-corrected chi connectivity index (χ4v) is 4.38. The Morgan fingerprint density at radius 3 is 1.90 bits per heavy atom. The van der Waals surface area contributed by atoms with Crippen LogP contribution in [0.2, 0.25) is 0 Å². The van der Waals surface area contributed by atoms with E-state index in [9.17, 15) is 14.7 Å². The number of aliphatic carboxylic acids is 1. The van der Waals surface area contributed by atoms with E-state index in [1.807, 2.05) is 42.5 Å². The van der Waals surface area contributed by atoms with Gasteiger partial charge < -0.3 is 24.6 Å². The predicted octanol–water partition coefficient (Wildman–Crippen LogP) is 4.81. The first-order valence-electron chi connectivity index (χ1n) is 12.8. The van der Waals surface area contributed by atoms with Gasteiger partial charge in [-0.1, -0.05) is 91.0 Å². The number of aromatic nitrogens is 2. The average molecular weight is 542 g/mol. The van der Waals surface area contributed by atoms with Gasteiger partial charge in [-0.15, -0.1) is 0 Å². The molecule has 0 aliphatic rings. The number of carboxylic acids is 1. The molecule has 1 amide bonds. The summed E-state index contributed by atoms with van der Waals surface area (Å²) in [6, 6.07) is 28.9. The Morgan fingerprint density at radius 2 is 1.38 bits per heavy atom. The van der Waals surface area contributed by atoms with Crippen LogP contribution < -0.4 is 10.1 Å². The third-order valence-corrected chi connectivity index (χ3v) is 6.10. The minimum Gasteiger partial charge on any atom is -0.478 e. The monoisotopic (exact) mass is 541 g/mol. The zero-order valence-electron chi connectivity index (χ0n) is 22.3. The molecule has 0 saturated carbocycles. The maximum atomic E-state index is 12.9. The van der Waals surface area contributed by atoms with E-state index in [1.165, 1.54) is 0 Å². The summed E-state index contributed by atoms with van der Waals surface area (Å²) in [5.41, 5.74) is 1.60. The lowest BCUT2D eigenvalue weighted by atomic mass is 9.81. The number of carboxylic acid groups (broad SMARTS) is 1. The summed E-state index contributed by atoms with van der Waals surface area (Å²) in [7, 11) is 0. The molecule has 2 N–H and O–H groups in total. The maximum absolute atomic E-state index is 12.9. The van der Waals surface area contributed by atoms with Crippen molar-refractivity contribution in [2.24, 2.45) is 0 Å². The molecule has 0 saturated heterocycles. The first-order valence-corrected chi connectivity index (χ1v) is 12.8. The second-order valence-electron chi connectivity index (χ2n) is 9.07. The fourth-order valence-electron chi connectivity index (χ4n) is 4.38. The van der Waals surface area contributed by atoms with Crippen molar-refractivity contribution < 1.29 is 28.9 Å². The van der Waals surface area contributed by atoms with Crippen molar-refractivity contribution >= 4 is 12.1 Å². The Balaban J connectivity index is 1.62. The topological polar surface area (TPSA) is 120 Å². The molecular weight excluding hydrogens is 510 g/mol. The van der Waals surface area contributed by atoms with Crippen LogP contribution in [0.4, 0.5) is 4.79 Å². The van der Waals surface area contributed by atoms with E-state index < -0.39 is 23.8 Å². The van der Waals surface area contributed by atoms with Crippen LogP contribution in [0.15, 0.2) is 97.1 Å². The summed E-state index contributed by atoms with van der Waals surface area (Å²) >= 11 is 0. The van der Waals surface area contributed by atoms with E-state index in [4.69, 9.17) is 14.2 Å². The van der Waals surface area contributed by atoms with Crippen molar-refractivity contribution in [3.8, 4) is 6.01 Å². The van der Waals surface area contributed by atoms with E-state index in [1.54, 1.807) is 68.4 Å². The van der Waals surface area contributed by atoms with Gasteiger partial charge in [0.05, 0.1) is 6.61 Å². The van der Waals surface area contributed by atoms with Crippen LogP contribution in [0.25, 0.3) is 0 Å². The third-order valence-electron chi connectivity index (χ3n) is 6.10. The molecule has 9 heteroatoms. The van der Waals surface area contributed by atoms with Gasteiger partial charge in [0.25, 0.3) is 0 Å². The molecule has 0 radical (unpaired) electrons. The minimum atomic E-state index is -1.62. The van der Waals surface area contributed by atoms with Crippen LogP contribution in [-0.4, -0.2) is 46.4 Å². The summed E-state index contributed by atoms with van der Waals surface area (Å²) in [4.78, 5) is 33.8. The number of hydrogen-bond acceptors (Lipinski definition) is 7. The maximum Gasteiger partial charge on any atom is 0.407 e. The molecule has 4 aromatic rings. The molecule has 1 unspecified atom stereocenters. The van der Waals surface area contributed by atoms with Gasteiger partial charge in [-0.05, 0) is 36.6 Å². The molecule has 4 rings (SSSR count). The molecule has 1 heterocycles. The summed E-state index contributed by atoms with van der Waals surface area (Å²) < 4.78 is 17.7. The average Bonchev–Trinajstić information content (AvgIpc) is 2.96. The van der Waals surface area contributed by atoms with Gasteiger partial charge in [-0.25, -0.2) is 19.6 Å². The lowest BCUT2D eigenvalue weighted by Crippen LogP contribution is -2.52. The van der Waals surface area contributed by atoms with Gasteiger partial charge in [0.15, 0.2) is 5.60 Å². The molecular formula is C31H31N3O6. The van der Waals surface area contributed by atoms with E-state index in [-0.39, 0.29) is 25.8 Å². The molecule has 0 bridgehead atoms. The normalized spacial score (nSPS) is 11.8. The SMILES string of the molecule is Cc1cc(C)nc(OC(C(=O)O)C(OCCNC(=O)OCc2ccccc2)(c2ccccc2)c2ccccc2)n1. The number of hydrogen-bond donors (Lipinski definition) is 2. The lowest BCUT2D eigenvalue weighted by molar-refractivity contribution is -0.164. The van der Waals surface area contributed by atoms with E-state index >= 15 is 0 Å². The first kappa shape index (κ1) is 28.3. The first-order chi connectivity index (χ1) is 19.4. The molecule has 0 spiro atoms. The van der Waals surface area contributed by atoms with Gasteiger partial charge in [0.2, 0.25) is 6.10 Å². The van der Waals surface area contributed by atoms with E-state index in [0.717, 1.165) is 5.56 Å². The molecule has 0 aliphatic carbocycles. The second-order valence-corrected chi connectivity index (χ2v) is 9.07. The van der Waals surface area contributed by atoms with Gasteiger partial charge >= 0.3 is 18.1 Å². The van der Waals surface area contributed by atoms with Crippen LogP contribution in [0.3, 0.4) is 0 Å². The van der Waals surface area contributed by atoms with Crippen LogP contribution in [0, 0.1) is 13.8 Å². The highest BCUT2D eigenvalue weighted by Gasteiger charge is 2.50. The van der Waals surface area contributed by atoms with Crippen molar-refractivity contribution in [2.75, 3.05) is 13.2 Å². The Kier molecular flexibility index (Phi) is 9.43. The number of nitrogens with one attached hydrogen (secondary N) is 1. The molecule has 0 aliphatic heterocycles. The van der Waals surface area contributed by atoms with Crippen LogP contribution >= 0.6 is 0 Å². The summed E-state index contributed by atoms with van der Waals surface area (Å²) in [6.45, 7) is 3.68. The minimum absolute atomic E-state index is 0.0505. The number of carbonyl (C=O) groups excluding carboxylic acids is 1. The highest BCUT2D eigenvalue weighted by Crippen LogP contribution is 2.39. The number of nitrogens with zero attached hydrogens (tertiary/aromatic N) is 2. The Hall–Kier alpha value is -4.76. The van der Waals surface area contributed by atoms with Crippen molar-refractivity contribution in [1.29, 1.82) is 0 Å². The van der Waals surface area contributed by atoms with E-state index in [0.29, 0.717) is 22.5 Å². The summed E-state index contributed by atoms with van der Waals surface area (Å²) in [6.07, 6.45) is -2.20. The molecule has 0 fully saturated rings. The number of alkyl carbamates (subject to hydrolysis) is 1. The summed E-state index contributed by atoms with van der Waals surface area (Å²) in [5.74, 6) is -1.27. The molecule has 206 valence electrons. The predicted molar refractivity (Wildman–Crippen MR) is 148 cm³/mol. The Morgan fingerprint density at radius 1 is 0.850 bits per heavy atom. The number of ether oxygens (including phenoxy) is 3. The molecule has 1 aromatic heterocycles. The second kappa shape index (κ2) is 13.3. The van der Waals surface area contributed by atoms with Gasteiger partial charge in [0, 0.05) is 17.9 Å². The Labute approximate surface area is 232 Å². The van der Waals surface area contributed by atoms with Gasteiger partial charge in [-0.2, -0.15) is 0 Å². The highest BCUT2D eigenvalue weighted by atomic mass is 16.6.